The predicted octanol–water partition coefficient (Wildman–Crippen LogP) is 4.30. The largest absolute Gasteiger partial charge is 0.453 e. The molecule has 0 radical (unpaired) electrons. The van der Waals surface area contributed by atoms with Crippen LogP contribution < -0.4 is 5.32 Å². The van der Waals surface area contributed by atoms with Crippen molar-refractivity contribution < 1.29 is 13.9 Å². The summed E-state index contributed by atoms with van der Waals surface area (Å²) >= 11 is 0. The smallest absolute Gasteiger partial charge is 0.291 e. The maximum atomic E-state index is 12.3. The van der Waals surface area contributed by atoms with E-state index in [0.717, 1.165) is 22.5 Å². The Hall–Kier alpha value is -3.38. The molecule has 4 rings (SSSR count). The number of furan rings is 1. The van der Waals surface area contributed by atoms with Crippen molar-refractivity contribution >= 4 is 17.2 Å². The SMILES string of the molecule is COCc1ccc(C(=O)Nc2ccc(-c3cn4cccc(C)c4n3)cc2)o1. The number of anilines is 1. The average molecular weight is 361 g/mol. The van der Waals surface area contributed by atoms with Gasteiger partial charge in [0.25, 0.3) is 5.91 Å². The van der Waals surface area contributed by atoms with Gasteiger partial charge >= 0.3 is 0 Å². The molecule has 0 aliphatic heterocycles. The minimum Gasteiger partial charge on any atom is -0.453 e. The van der Waals surface area contributed by atoms with E-state index in [9.17, 15) is 4.79 Å². The van der Waals surface area contributed by atoms with Gasteiger partial charge in [0, 0.05) is 30.8 Å². The van der Waals surface area contributed by atoms with Crippen LogP contribution in [0.25, 0.3) is 16.9 Å². The lowest BCUT2D eigenvalue weighted by atomic mass is 10.1. The zero-order valence-electron chi connectivity index (χ0n) is 15.1. The number of rotatable bonds is 5. The first-order chi connectivity index (χ1) is 13.1. The molecule has 136 valence electrons. The maximum Gasteiger partial charge on any atom is 0.291 e. The van der Waals surface area contributed by atoms with E-state index in [-0.39, 0.29) is 11.7 Å². The molecule has 0 unspecified atom stereocenters. The van der Waals surface area contributed by atoms with E-state index < -0.39 is 0 Å². The normalized spacial score (nSPS) is 11.0. The van der Waals surface area contributed by atoms with Crippen molar-refractivity contribution in [2.45, 2.75) is 13.5 Å². The van der Waals surface area contributed by atoms with Crippen LogP contribution >= 0.6 is 0 Å². The van der Waals surface area contributed by atoms with Gasteiger partial charge in [-0.2, -0.15) is 0 Å². The number of nitrogens with zero attached hydrogens (tertiary/aromatic N) is 2. The number of hydrogen-bond donors (Lipinski definition) is 1. The number of nitrogens with one attached hydrogen (secondary N) is 1. The van der Waals surface area contributed by atoms with Crippen LogP contribution in [0.1, 0.15) is 21.9 Å². The lowest BCUT2D eigenvalue weighted by Crippen LogP contribution is -2.10. The molecule has 0 atom stereocenters. The molecule has 3 aromatic heterocycles. The molecule has 6 nitrogen and oxygen atoms in total. The zero-order chi connectivity index (χ0) is 18.8. The molecule has 1 N–H and O–H groups in total. The third kappa shape index (κ3) is 3.47. The summed E-state index contributed by atoms with van der Waals surface area (Å²) in [6.07, 6.45) is 3.98. The van der Waals surface area contributed by atoms with Gasteiger partial charge in [0.15, 0.2) is 5.76 Å². The third-order valence-electron chi connectivity index (χ3n) is 4.29. The first kappa shape index (κ1) is 17.1. The Bertz CT molecular complexity index is 1090. The Morgan fingerprint density at radius 1 is 1.19 bits per heavy atom. The second kappa shape index (κ2) is 7.09. The van der Waals surface area contributed by atoms with Crippen LogP contribution in [0.2, 0.25) is 0 Å². The van der Waals surface area contributed by atoms with Crippen molar-refractivity contribution in [3.05, 3.63) is 78.0 Å². The fourth-order valence-corrected chi connectivity index (χ4v) is 2.93. The Morgan fingerprint density at radius 2 is 2.00 bits per heavy atom. The molecular formula is C21H19N3O3. The highest BCUT2D eigenvalue weighted by molar-refractivity contribution is 6.02. The van der Waals surface area contributed by atoms with E-state index in [1.54, 1.807) is 19.2 Å². The lowest BCUT2D eigenvalue weighted by molar-refractivity contribution is 0.0987. The Kier molecular flexibility index (Phi) is 4.48. The molecule has 0 spiro atoms. The van der Waals surface area contributed by atoms with Crippen molar-refractivity contribution in [3.8, 4) is 11.3 Å². The van der Waals surface area contributed by atoms with Crippen LogP contribution in [-0.4, -0.2) is 22.4 Å². The average Bonchev–Trinajstić information content (AvgIpc) is 3.31. The molecule has 6 heteroatoms. The number of pyridine rings is 1. The number of carbonyl (C=O) groups excluding carboxylic acids is 1. The molecule has 0 saturated heterocycles. The standard InChI is InChI=1S/C21H19N3O3/c1-14-4-3-11-24-12-18(23-20(14)24)15-5-7-16(8-6-15)22-21(25)19-10-9-17(27-19)13-26-2/h3-12H,13H2,1-2H3,(H,22,25). The topological polar surface area (TPSA) is 68.8 Å². The van der Waals surface area contributed by atoms with Crippen LogP contribution in [0, 0.1) is 6.92 Å². The second-order valence-electron chi connectivity index (χ2n) is 6.28. The molecule has 1 amide bonds. The summed E-state index contributed by atoms with van der Waals surface area (Å²) in [5.74, 6) is 0.565. The first-order valence-electron chi connectivity index (χ1n) is 8.58. The molecule has 0 aliphatic carbocycles. The number of aromatic nitrogens is 2. The predicted molar refractivity (Wildman–Crippen MR) is 103 cm³/mol. The molecule has 1 aromatic carbocycles. The van der Waals surface area contributed by atoms with Gasteiger partial charge in [-0.3, -0.25) is 4.79 Å². The second-order valence-corrected chi connectivity index (χ2v) is 6.28. The van der Waals surface area contributed by atoms with Crippen LogP contribution in [0.4, 0.5) is 5.69 Å². The lowest BCUT2D eigenvalue weighted by Gasteiger charge is -2.04. The van der Waals surface area contributed by atoms with E-state index in [1.165, 1.54) is 0 Å². The van der Waals surface area contributed by atoms with E-state index in [4.69, 9.17) is 9.15 Å². The minimum atomic E-state index is -0.298. The number of carbonyl (C=O) groups is 1. The summed E-state index contributed by atoms with van der Waals surface area (Å²) in [4.78, 5) is 17.0. The summed E-state index contributed by atoms with van der Waals surface area (Å²) in [5.41, 5.74) is 4.62. The van der Waals surface area contributed by atoms with Crippen LogP contribution in [0.3, 0.4) is 0 Å². The number of amides is 1. The molecule has 0 bridgehead atoms. The summed E-state index contributed by atoms with van der Waals surface area (Å²) in [6.45, 7) is 2.37. The van der Waals surface area contributed by atoms with Gasteiger partial charge in [0.2, 0.25) is 0 Å². The number of hydrogen-bond acceptors (Lipinski definition) is 4. The van der Waals surface area contributed by atoms with E-state index >= 15 is 0 Å². The number of ether oxygens (including phenoxy) is 1. The monoisotopic (exact) mass is 361 g/mol. The van der Waals surface area contributed by atoms with Crippen molar-refractivity contribution in [2.24, 2.45) is 0 Å². The van der Waals surface area contributed by atoms with Gasteiger partial charge in [0.05, 0.1) is 5.69 Å². The Morgan fingerprint density at radius 3 is 2.74 bits per heavy atom. The van der Waals surface area contributed by atoms with Crippen molar-refractivity contribution in [3.63, 3.8) is 0 Å². The Balaban J connectivity index is 1.51. The quantitative estimate of drug-likeness (QED) is 0.575. The summed E-state index contributed by atoms with van der Waals surface area (Å²) < 4.78 is 12.4. The fraction of sp³-hybridized carbons (Fsp3) is 0.143. The van der Waals surface area contributed by atoms with E-state index in [0.29, 0.717) is 18.1 Å². The van der Waals surface area contributed by atoms with E-state index in [1.807, 2.05) is 60.1 Å². The first-order valence-corrected chi connectivity index (χ1v) is 8.58. The van der Waals surface area contributed by atoms with Gasteiger partial charge in [-0.1, -0.05) is 18.2 Å². The van der Waals surface area contributed by atoms with Crippen molar-refractivity contribution in [1.82, 2.24) is 9.38 Å². The molecular weight excluding hydrogens is 342 g/mol. The summed E-state index contributed by atoms with van der Waals surface area (Å²) in [5, 5.41) is 2.83. The molecule has 0 fully saturated rings. The van der Waals surface area contributed by atoms with Crippen molar-refractivity contribution in [2.75, 3.05) is 12.4 Å². The van der Waals surface area contributed by atoms with E-state index in [2.05, 4.69) is 10.3 Å². The molecule has 3 heterocycles. The van der Waals surface area contributed by atoms with Gasteiger partial charge in [-0.15, -0.1) is 0 Å². The number of methoxy groups -OCH3 is 1. The minimum absolute atomic E-state index is 0.252. The van der Waals surface area contributed by atoms with Crippen LogP contribution in [0.15, 0.2) is 65.3 Å². The molecule has 4 aromatic rings. The van der Waals surface area contributed by atoms with Gasteiger partial charge < -0.3 is 18.9 Å². The third-order valence-corrected chi connectivity index (χ3v) is 4.29. The van der Waals surface area contributed by atoms with Crippen LogP contribution in [0.5, 0.6) is 0 Å². The fourth-order valence-electron chi connectivity index (χ4n) is 2.93. The Labute approximate surface area is 156 Å². The number of benzene rings is 1. The molecule has 0 aliphatic rings. The van der Waals surface area contributed by atoms with Gasteiger partial charge in [-0.25, -0.2) is 4.98 Å². The number of aryl methyl sites for hydroxylation is 1. The zero-order valence-corrected chi connectivity index (χ0v) is 15.1. The molecule has 27 heavy (non-hydrogen) atoms. The summed E-state index contributed by atoms with van der Waals surface area (Å²) in [7, 11) is 1.58. The number of fused-ring (bicyclic) bond motifs is 1. The highest BCUT2D eigenvalue weighted by Gasteiger charge is 2.12. The summed E-state index contributed by atoms with van der Waals surface area (Å²) in [6, 6.07) is 15.0. The highest BCUT2D eigenvalue weighted by atomic mass is 16.5. The van der Waals surface area contributed by atoms with Crippen LogP contribution in [-0.2, 0) is 11.3 Å². The van der Waals surface area contributed by atoms with Gasteiger partial charge in [0.1, 0.15) is 18.0 Å². The maximum absolute atomic E-state index is 12.3. The van der Waals surface area contributed by atoms with Crippen molar-refractivity contribution in [1.29, 1.82) is 0 Å². The van der Waals surface area contributed by atoms with Gasteiger partial charge in [-0.05, 0) is 42.8 Å². The molecule has 0 saturated carbocycles. The highest BCUT2D eigenvalue weighted by Crippen LogP contribution is 2.23. The number of imidazole rings is 1.